The Kier molecular flexibility index (Phi) is 2.55. The van der Waals surface area contributed by atoms with Crippen LogP contribution in [0.4, 0.5) is 0 Å². The van der Waals surface area contributed by atoms with E-state index in [-0.39, 0.29) is 11.5 Å². The molecule has 1 aromatic rings. The molecule has 2 rings (SSSR count). The smallest absolute Gasteiger partial charge is 0.133 e. The van der Waals surface area contributed by atoms with Crippen molar-refractivity contribution in [2.75, 3.05) is 7.11 Å². The summed E-state index contributed by atoms with van der Waals surface area (Å²) in [5.74, 6) is 1.34. The molecule has 0 heterocycles. The Morgan fingerprint density at radius 3 is 2.40 bits per heavy atom. The van der Waals surface area contributed by atoms with Crippen molar-refractivity contribution in [3.05, 3.63) is 28.2 Å². The van der Waals surface area contributed by atoms with Gasteiger partial charge in [0.25, 0.3) is 0 Å². The van der Waals surface area contributed by atoms with Gasteiger partial charge in [-0.25, -0.2) is 0 Å². The molecule has 1 aliphatic rings. The van der Waals surface area contributed by atoms with Crippen molar-refractivity contribution in [3.8, 4) is 5.75 Å². The predicted octanol–water partition coefficient (Wildman–Crippen LogP) is 2.91. The van der Waals surface area contributed by atoms with E-state index in [1.54, 1.807) is 7.11 Å². The second-order valence-electron chi connectivity index (χ2n) is 4.72. The van der Waals surface area contributed by atoms with Gasteiger partial charge in [-0.05, 0) is 39.0 Å². The van der Waals surface area contributed by atoms with Crippen molar-refractivity contribution in [1.29, 1.82) is 0 Å². The Labute approximate surface area is 98.9 Å². The van der Waals surface area contributed by atoms with Crippen molar-refractivity contribution in [1.82, 2.24) is 0 Å². The summed E-state index contributed by atoms with van der Waals surface area (Å²) in [5, 5.41) is 0. The van der Waals surface area contributed by atoms with Gasteiger partial charge in [0.1, 0.15) is 5.75 Å². The third-order valence-corrected chi connectivity index (χ3v) is 4.07. The van der Waals surface area contributed by atoms with Crippen LogP contribution in [0.1, 0.15) is 25.3 Å². The Morgan fingerprint density at radius 2 is 2.00 bits per heavy atom. The van der Waals surface area contributed by atoms with Gasteiger partial charge in [-0.3, -0.25) is 0 Å². The second kappa shape index (κ2) is 3.49. The molecule has 2 N–H and O–H groups in total. The van der Waals surface area contributed by atoms with E-state index in [2.05, 4.69) is 41.9 Å². The molecular formula is C12H16BrNO. The van der Waals surface area contributed by atoms with E-state index in [1.807, 2.05) is 6.07 Å². The summed E-state index contributed by atoms with van der Waals surface area (Å²) in [5.41, 5.74) is 7.57. The highest BCUT2D eigenvalue weighted by atomic mass is 79.9. The number of hydrogen-bond acceptors (Lipinski definition) is 2. The summed E-state index contributed by atoms with van der Waals surface area (Å²) in [6.45, 7) is 4.42. The van der Waals surface area contributed by atoms with E-state index in [4.69, 9.17) is 10.5 Å². The zero-order valence-corrected chi connectivity index (χ0v) is 10.8. The topological polar surface area (TPSA) is 35.2 Å². The zero-order valence-electron chi connectivity index (χ0n) is 9.25. The average Bonchev–Trinajstić information content (AvgIpc) is 2.66. The molecule has 0 amide bonds. The highest BCUT2D eigenvalue weighted by Gasteiger charge is 2.56. The van der Waals surface area contributed by atoms with Gasteiger partial charge in [-0.15, -0.1) is 0 Å². The van der Waals surface area contributed by atoms with Crippen LogP contribution in [0.5, 0.6) is 5.75 Å². The molecule has 0 bridgehead atoms. The van der Waals surface area contributed by atoms with Gasteiger partial charge in [0, 0.05) is 12.0 Å². The SMILES string of the molecule is COc1ccc([C@H]2[C@H](N)C2(C)C)cc1Br. The fourth-order valence-electron chi connectivity index (χ4n) is 2.19. The van der Waals surface area contributed by atoms with Crippen molar-refractivity contribution < 1.29 is 4.74 Å². The van der Waals surface area contributed by atoms with Crippen LogP contribution >= 0.6 is 15.9 Å². The highest BCUT2D eigenvalue weighted by molar-refractivity contribution is 9.10. The largest absolute Gasteiger partial charge is 0.496 e. The Hall–Kier alpha value is -0.540. The van der Waals surface area contributed by atoms with Gasteiger partial charge in [0.15, 0.2) is 0 Å². The Morgan fingerprint density at radius 1 is 1.40 bits per heavy atom. The molecule has 15 heavy (non-hydrogen) atoms. The van der Waals surface area contributed by atoms with Gasteiger partial charge in [-0.1, -0.05) is 19.9 Å². The lowest BCUT2D eigenvalue weighted by molar-refractivity contribution is 0.412. The molecule has 0 radical (unpaired) electrons. The number of halogens is 1. The minimum absolute atomic E-state index is 0.230. The second-order valence-corrected chi connectivity index (χ2v) is 5.57. The zero-order chi connectivity index (χ0) is 11.2. The van der Waals surface area contributed by atoms with E-state index < -0.39 is 0 Å². The average molecular weight is 270 g/mol. The minimum atomic E-state index is 0.230. The van der Waals surface area contributed by atoms with Crippen LogP contribution in [0.2, 0.25) is 0 Å². The third-order valence-electron chi connectivity index (χ3n) is 3.45. The van der Waals surface area contributed by atoms with Crippen LogP contribution in [0, 0.1) is 5.41 Å². The maximum absolute atomic E-state index is 6.05. The van der Waals surface area contributed by atoms with Crippen LogP contribution in [0.25, 0.3) is 0 Å². The predicted molar refractivity (Wildman–Crippen MR) is 65.2 cm³/mol. The maximum Gasteiger partial charge on any atom is 0.133 e. The molecule has 82 valence electrons. The lowest BCUT2D eigenvalue weighted by Crippen LogP contribution is -2.06. The maximum atomic E-state index is 6.05. The van der Waals surface area contributed by atoms with E-state index >= 15 is 0 Å². The number of ether oxygens (including phenoxy) is 1. The van der Waals surface area contributed by atoms with E-state index in [0.717, 1.165) is 10.2 Å². The van der Waals surface area contributed by atoms with Crippen LogP contribution in [0.3, 0.4) is 0 Å². The Bertz CT molecular complexity index is 389. The van der Waals surface area contributed by atoms with Crippen LogP contribution in [0.15, 0.2) is 22.7 Å². The number of hydrogen-bond donors (Lipinski definition) is 1. The van der Waals surface area contributed by atoms with Gasteiger partial charge in [0.05, 0.1) is 11.6 Å². The molecule has 1 aromatic carbocycles. The number of methoxy groups -OCH3 is 1. The first-order chi connectivity index (χ1) is 6.98. The molecule has 0 spiro atoms. The van der Waals surface area contributed by atoms with Gasteiger partial charge >= 0.3 is 0 Å². The van der Waals surface area contributed by atoms with Crippen molar-refractivity contribution >= 4 is 15.9 Å². The molecule has 0 aromatic heterocycles. The molecule has 1 aliphatic carbocycles. The molecule has 2 nitrogen and oxygen atoms in total. The normalized spacial score (nSPS) is 27.5. The van der Waals surface area contributed by atoms with Gasteiger partial charge in [0.2, 0.25) is 0 Å². The van der Waals surface area contributed by atoms with E-state index in [1.165, 1.54) is 5.56 Å². The van der Waals surface area contributed by atoms with Crippen molar-refractivity contribution in [2.45, 2.75) is 25.8 Å². The van der Waals surface area contributed by atoms with Crippen LogP contribution in [-0.4, -0.2) is 13.2 Å². The fourth-order valence-corrected chi connectivity index (χ4v) is 2.75. The minimum Gasteiger partial charge on any atom is -0.496 e. The summed E-state index contributed by atoms with van der Waals surface area (Å²) in [6, 6.07) is 6.47. The molecule has 3 heteroatoms. The fraction of sp³-hybridized carbons (Fsp3) is 0.500. The number of benzene rings is 1. The molecule has 0 unspecified atom stereocenters. The summed E-state index contributed by atoms with van der Waals surface area (Å²) >= 11 is 3.50. The highest BCUT2D eigenvalue weighted by Crippen LogP contribution is 2.57. The van der Waals surface area contributed by atoms with E-state index in [9.17, 15) is 0 Å². The summed E-state index contributed by atoms with van der Waals surface area (Å²) in [4.78, 5) is 0. The molecule has 0 aliphatic heterocycles. The van der Waals surface area contributed by atoms with Gasteiger partial charge < -0.3 is 10.5 Å². The molecule has 2 atom stereocenters. The standard InChI is InChI=1S/C12H16BrNO/c1-12(2)10(11(12)14)7-4-5-9(15-3)8(13)6-7/h4-6,10-11H,14H2,1-3H3/t10-,11-/m0/s1. The lowest BCUT2D eigenvalue weighted by atomic mass is 10.0. The Balaban J connectivity index is 2.29. The first-order valence-corrected chi connectivity index (χ1v) is 5.87. The number of rotatable bonds is 2. The lowest BCUT2D eigenvalue weighted by Gasteiger charge is -2.07. The molecule has 1 saturated carbocycles. The first-order valence-electron chi connectivity index (χ1n) is 5.07. The first kappa shape index (κ1) is 11.0. The summed E-state index contributed by atoms with van der Waals surface area (Å²) in [7, 11) is 1.67. The summed E-state index contributed by atoms with van der Waals surface area (Å²) < 4.78 is 6.20. The molecule has 1 fully saturated rings. The third kappa shape index (κ3) is 1.68. The summed E-state index contributed by atoms with van der Waals surface area (Å²) in [6.07, 6.45) is 0. The quantitative estimate of drug-likeness (QED) is 0.896. The monoisotopic (exact) mass is 269 g/mol. The molecular weight excluding hydrogens is 254 g/mol. The van der Waals surface area contributed by atoms with Crippen LogP contribution in [-0.2, 0) is 0 Å². The van der Waals surface area contributed by atoms with Crippen molar-refractivity contribution in [3.63, 3.8) is 0 Å². The molecule has 0 saturated heterocycles. The van der Waals surface area contributed by atoms with Crippen LogP contribution < -0.4 is 10.5 Å². The van der Waals surface area contributed by atoms with E-state index in [0.29, 0.717) is 5.92 Å². The van der Waals surface area contributed by atoms with Gasteiger partial charge in [-0.2, -0.15) is 0 Å². The van der Waals surface area contributed by atoms with Crippen molar-refractivity contribution in [2.24, 2.45) is 11.1 Å². The number of nitrogens with two attached hydrogens (primary N) is 1.